The number of rotatable bonds is 7. The Labute approximate surface area is 125 Å². The highest BCUT2D eigenvalue weighted by atomic mass is 32.1. The van der Waals surface area contributed by atoms with E-state index in [0.29, 0.717) is 6.04 Å². The van der Waals surface area contributed by atoms with Crippen LogP contribution >= 0.6 is 11.3 Å². The molecular formula is C17H23NOS. The lowest BCUT2D eigenvalue weighted by Crippen LogP contribution is -2.22. The van der Waals surface area contributed by atoms with Gasteiger partial charge < -0.3 is 10.1 Å². The molecule has 2 rings (SSSR count). The van der Waals surface area contributed by atoms with E-state index in [9.17, 15) is 0 Å². The summed E-state index contributed by atoms with van der Waals surface area (Å²) in [5, 5.41) is 7.75. The number of hydrogen-bond donors (Lipinski definition) is 1. The van der Waals surface area contributed by atoms with Crippen molar-refractivity contribution in [2.24, 2.45) is 0 Å². The maximum absolute atomic E-state index is 6.04. The van der Waals surface area contributed by atoms with Crippen molar-refractivity contribution >= 4 is 11.3 Å². The van der Waals surface area contributed by atoms with Crippen LogP contribution in [0.15, 0.2) is 35.0 Å². The standard InChI is InChI=1S/C17H23NOS/c1-13(2)18-11-16-6-4-5-14(3)17(16)19-9-7-15-8-10-20-12-15/h4-6,8,10,12-13,18H,7,9,11H2,1-3H3. The number of ether oxygens (including phenoxy) is 1. The molecule has 0 spiro atoms. The first-order valence-corrected chi connectivity index (χ1v) is 8.07. The molecule has 1 heterocycles. The van der Waals surface area contributed by atoms with Gasteiger partial charge in [0.25, 0.3) is 0 Å². The van der Waals surface area contributed by atoms with Gasteiger partial charge in [-0.3, -0.25) is 0 Å². The maximum atomic E-state index is 6.04. The summed E-state index contributed by atoms with van der Waals surface area (Å²) in [7, 11) is 0. The molecular weight excluding hydrogens is 266 g/mol. The molecule has 1 N–H and O–H groups in total. The number of thiophene rings is 1. The first kappa shape index (κ1) is 15.1. The Morgan fingerprint density at radius 3 is 2.80 bits per heavy atom. The van der Waals surface area contributed by atoms with Gasteiger partial charge in [-0.15, -0.1) is 0 Å². The van der Waals surface area contributed by atoms with E-state index in [1.807, 2.05) is 0 Å². The lowest BCUT2D eigenvalue weighted by atomic mass is 10.1. The van der Waals surface area contributed by atoms with Gasteiger partial charge in [0.15, 0.2) is 0 Å². The molecule has 0 amide bonds. The highest BCUT2D eigenvalue weighted by Gasteiger charge is 2.07. The number of hydrogen-bond acceptors (Lipinski definition) is 3. The van der Waals surface area contributed by atoms with Crippen molar-refractivity contribution in [1.82, 2.24) is 5.32 Å². The first-order valence-electron chi connectivity index (χ1n) is 7.12. The van der Waals surface area contributed by atoms with Crippen molar-refractivity contribution in [2.75, 3.05) is 6.61 Å². The number of aryl methyl sites for hydroxylation is 1. The van der Waals surface area contributed by atoms with Gasteiger partial charge in [-0.25, -0.2) is 0 Å². The van der Waals surface area contributed by atoms with Crippen molar-refractivity contribution in [3.05, 3.63) is 51.7 Å². The molecule has 0 saturated carbocycles. The SMILES string of the molecule is Cc1cccc(CNC(C)C)c1OCCc1ccsc1. The van der Waals surface area contributed by atoms with Crippen LogP contribution in [0.5, 0.6) is 5.75 Å². The Hall–Kier alpha value is -1.32. The molecule has 0 radical (unpaired) electrons. The van der Waals surface area contributed by atoms with Crippen LogP contribution in [-0.4, -0.2) is 12.6 Å². The van der Waals surface area contributed by atoms with Crippen molar-refractivity contribution < 1.29 is 4.74 Å². The molecule has 2 aromatic rings. The van der Waals surface area contributed by atoms with Crippen LogP contribution in [-0.2, 0) is 13.0 Å². The normalized spacial score (nSPS) is 11.0. The van der Waals surface area contributed by atoms with Gasteiger partial charge in [-0.1, -0.05) is 32.0 Å². The van der Waals surface area contributed by atoms with Crippen LogP contribution in [0, 0.1) is 6.92 Å². The predicted molar refractivity (Wildman–Crippen MR) is 86.7 cm³/mol. The van der Waals surface area contributed by atoms with Crippen molar-refractivity contribution in [3.63, 3.8) is 0 Å². The van der Waals surface area contributed by atoms with E-state index in [4.69, 9.17) is 4.74 Å². The number of para-hydroxylation sites is 1. The van der Waals surface area contributed by atoms with Gasteiger partial charge in [0.1, 0.15) is 5.75 Å². The van der Waals surface area contributed by atoms with Crippen LogP contribution in [0.3, 0.4) is 0 Å². The van der Waals surface area contributed by atoms with E-state index in [1.54, 1.807) is 11.3 Å². The molecule has 0 aliphatic rings. The molecule has 0 fully saturated rings. The summed E-state index contributed by atoms with van der Waals surface area (Å²) < 4.78 is 6.04. The summed E-state index contributed by atoms with van der Waals surface area (Å²) in [5.74, 6) is 1.04. The van der Waals surface area contributed by atoms with E-state index in [2.05, 4.69) is 61.1 Å². The van der Waals surface area contributed by atoms with E-state index in [1.165, 1.54) is 16.7 Å². The fraction of sp³-hybridized carbons (Fsp3) is 0.412. The van der Waals surface area contributed by atoms with Crippen molar-refractivity contribution in [2.45, 2.75) is 39.8 Å². The number of nitrogens with one attached hydrogen (secondary N) is 1. The Balaban J connectivity index is 1.97. The van der Waals surface area contributed by atoms with Crippen LogP contribution in [0.4, 0.5) is 0 Å². The predicted octanol–water partition coefficient (Wildman–Crippen LogP) is 4.18. The zero-order chi connectivity index (χ0) is 14.4. The third-order valence-electron chi connectivity index (χ3n) is 3.21. The highest BCUT2D eigenvalue weighted by Crippen LogP contribution is 2.23. The van der Waals surface area contributed by atoms with E-state index >= 15 is 0 Å². The van der Waals surface area contributed by atoms with E-state index in [0.717, 1.165) is 25.3 Å². The van der Waals surface area contributed by atoms with E-state index < -0.39 is 0 Å². The van der Waals surface area contributed by atoms with Gasteiger partial charge in [-0.05, 0) is 34.9 Å². The average Bonchev–Trinajstić information content (AvgIpc) is 2.92. The smallest absolute Gasteiger partial charge is 0.126 e. The zero-order valence-electron chi connectivity index (χ0n) is 12.5. The molecule has 0 aliphatic carbocycles. The Bertz CT molecular complexity index is 520. The van der Waals surface area contributed by atoms with Crippen molar-refractivity contribution in [3.8, 4) is 5.75 Å². The molecule has 20 heavy (non-hydrogen) atoms. The quantitative estimate of drug-likeness (QED) is 0.825. The molecule has 1 aromatic carbocycles. The molecule has 2 nitrogen and oxygen atoms in total. The van der Waals surface area contributed by atoms with Crippen LogP contribution in [0.25, 0.3) is 0 Å². The minimum atomic E-state index is 0.481. The minimum absolute atomic E-state index is 0.481. The Morgan fingerprint density at radius 1 is 1.25 bits per heavy atom. The highest BCUT2D eigenvalue weighted by molar-refractivity contribution is 7.07. The summed E-state index contributed by atoms with van der Waals surface area (Å²) >= 11 is 1.74. The second-order valence-corrected chi connectivity index (χ2v) is 6.11. The van der Waals surface area contributed by atoms with Gasteiger partial charge in [0, 0.05) is 24.6 Å². The van der Waals surface area contributed by atoms with Gasteiger partial charge in [-0.2, -0.15) is 11.3 Å². The summed E-state index contributed by atoms with van der Waals surface area (Å²) in [4.78, 5) is 0. The van der Waals surface area contributed by atoms with Crippen LogP contribution < -0.4 is 10.1 Å². The number of benzene rings is 1. The molecule has 108 valence electrons. The summed E-state index contributed by atoms with van der Waals surface area (Å²) in [6.07, 6.45) is 0.967. The topological polar surface area (TPSA) is 21.3 Å². The van der Waals surface area contributed by atoms with Gasteiger partial charge >= 0.3 is 0 Å². The molecule has 0 atom stereocenters. The second kappa shape index (κ2) is 7.46. The van der Waals surface area contributed by atoms with Gasteiger partial charge in [0.05, 0.1) is 6.61 Å². The first-order chi connectivity index (χ1) is 9.66. The summed E-state index contributed by atoms with van der Waals surface area (Å²) in [6.45, 7) is 8.02. The van der Waals surface area contributed by atoms with Crippen LogP contribution in [0.1, 0.15) is 30.5 Å². The maximum Gasteiger partial charge on any atom is 0.126 e. The summed E-state index contributed by atoms with van der Waals surface area (Å²) in [6, 6.07) is 8.99. The van der Waals surface area contributed by atoms with Crippen molar-refractivity contribution in [1.29, 1.82) is 0 Å². The Morgan fingerprint density at radius 2 is 2.10 bits per heavy atom. The third kappa shape index (κ3) is 4.36. The van der Waals surface area contributed by atoms with Gasteiger partial charge in [0.2, 0.25) is 0 Å². The summed E-state index contributed by atoms with van der Waals surface area (Å²) in [5.41, 5.74) is 3.80. The monoisotopic (exact) mass is 289 g/mol. The molecule has 0 aliphatic heterocycles. The largest absolute Gasteiger partial charge is 0.493 e. The lowest BCUT2D eigenvalue weighted by molar-refractivity contribution is 0.315. The fourth-order valence-corrected chi connectivity index (χ4v) is 2.78. The Kier molecular flexibility index (Phi) is 5.62. The zero-order valence-corrected chi connectivity index (χ0v) is 13.3. The molecule has 0 saturated heterocycles. The molecule has 1 aromatic heterocycles. The lowest BCUT2D eigenvalue weighted by Gasteiger charge is -2.15. The molecule has 3 heteroatoms. The fourth-order valence-electron chi connectivity index (χ4n) is 2.08. The second-order valence-electron chi connectivity index (χ2n) is 5.33. The molecule has 0 bridgehead atoms. The molecule has 0 unspecified atom stereocenters. The van der Waals surface area contributed by atoms with E-state index in [-0.39, 0.29) is 0 Å². The van der Waals surface area contributed by atoms with Crippen LogP contribution in [0.2, 0.25) is 0 Å². The minimum Gasteiger partial charge on any atom is -0.493 e. The average molecular weight is 289 g/mol. The third-order valence-corrected chi connectivity index (χ3v) is 3.94.